The van der Waals surface area contributed by atoms with Crippen LogP contribution in [0.5, 0.6) is 0 Å². The topological polar surface area (TPSA) is 57.5 Å². The minimum absolute atomic E-state index is 0.642. The molecule has 0 atom stereocenters. The number of aliphatic imine (C=N–C) groups is 1. The van der Waals surface area contributed by atoms with Crippen molar-refractivity contribution in [3.05, 3.63) is 95.8 Å². The van der Waals surface area contributed by atoms with Gasteiger partial charge in [-0.05, 0) is 41.8 Å². The smallest absolute Gasteiger partial charge is 0.191 e. The molecule has 0 amide bonds. The van der Waals surface area contributed by atoms with E-state index in [-0.39, 0.29) is 0 Å². The lowest BCUT2D eigenvalue weighted by Crippen LogP contribution is -2.37. The predicted octanol–water partition coefficient (Wildman–Crippen LogP) is 3.56. The molecule has 160 valence electrons. The van der Waals surface area contributed by atoms with Crippen molar-refractivity contribution in [1.82, 2.24) is 20.4 Å². The van der Waals surface area contributed by atoms with Gasteiger partial charge in [0.2, 0.25) is 0 Å². The van der Waals surface area contributed by atoms with Crippen molar-refractivity contribution in [2.24, 2.45) is 4.99 Å². The highest BCUT2D eigenvalue weighted by atomic mass is 15.3. The number of anilines is 1. The Labute approximate surface area is 184 Å². The molecule has 31 heavy (non-hydrogen) atoms. The van der Waals surface area contributed by atoms with Gasteiger partial charge in [0.05, 0.1) is 13.1 Å². The van der Waals surface area contributed by atoms with E-state index in [9.17, 15) is 0 Å². The van der Waals surface area contributed by atoms with E-state index in [0.717, 1.165) is 32.1 Å². The molecule has 0 aliphatic carbocycles. The van der Waals surface area contributed by atoms with Crippen molar-refractivity contribution in [3.8, 4) is 0 Å². The quantitative estimate of drug-likeness (QED) is 0.336. The lowest BCUT2D eigenvalue weighted by molar-refractivity contribution is 0.677. The first-order valence-electron chi connectivity index (χ1n) is 10.9. The lowest BCUT2D eigenvalue weighted by atomic mass is 10.1. The van der Waals surface area contributed by atoms with E-state index < -0.39 is 0 Å². The number of benzene rings is 2. The van der Waals surface area contributed by atoms with Crippen LogP contribution in [0.3, 0.4) is 0 Å². The molecule has 1 aliphatic rings. The van der Waals surface area contributed by atoms with Crippen molar-refractivity contribution in [2.75, 3.05) is 24.5 Å². The fourth-order valence-electron chi connectivity index (χ4n) is 3.64. The van der Waals surface area contributed by atoms with Crippen molar-refractivity contribution < 1.29 is 0 Å². The molecule has 0 unspecified atom stereocenters. The zero-order valence-corrected chi connectivity index (χ0v) is 18.0. The van der Waals surface area contributed by atoms with Crippen molar-refractivity contribution in [1.29, 1.82) is 0 Å². The summed E-state index contributed by atoms with van der Waals surface area (Å²) in [6.45, 7) is 7.01. The van der Waals surface area contributed by atoms with Crippen LogP contribution in [-0.2, 0) is 19.6 Å². The number of rotatable bonds is 8. The molecular weight excluding hydrogens is 384 g/mol. The molecule has 2 aromatic carbocycles. The average molecular weight is 415 g/mol. The largest absolute Gasteiger partial charge is 0.364 e. The lowest BCUT2D eigenvalue weighted by Gasteiger charge is -2.17. The Kier molecular flexibility index (Phi) is 7.00. The predicted molar refractivity (Wildman–Crippen MR) is 127 cm³/mol. The van der Waals surface area contributed by atoms with Crippen LogP contribution in [0, 0.1) is 0 Å². The van der Waals surface area contributed by atoms with Crippen molar-refractivity contribution in [3.63, 3.8) is 0 Å². The molecule has 2 N–H and O–H groups in total. The number of hydrogen-bond acceptors (Lipinski definition) is 3. The fraction of sp³-hybridized carbons (Fsp3) is 0.280. The molecule has 2 heterocycles. The van der Waals surface area contributed by atoms with Crippen LogP contribution < -0.4 is 15.5 Å². The molecule has 1 aromatic heterocycles. The normalized spacial score (nSPS) is 13.6. The Morgan fingerprint density at radius 2 is 1.74 bits per heavy atom. The molecule has 0 saturated carbocycles. The van der Waals surface area contributed by atoms with Crippen LogP contribution in [0.25, 0.3) is 0 Å². The zero-order valence-electron chi connectivity index (χ0n) is 18.0. The SMILES string of the molecule is CCNC(=NCc1ccc(N2CC=CC2)cc1)NCc1ccccc1Cn1cccn1. The maximum Gasteiger partial charge on any atom is 0.191 e. The number of nitrogens with one attached hydrogen (secondary N) is 2. The van der Waals surface area contributed by atoms with Gasteiger partial charge in [-0.15, -0.1) is 0 Å². The first-order valence-corrected chi connectivity index (χ1v) is 10.9. The fourth-order valence-corrected chi connectivity index (χ4v) is 3.64. The number of hydrogen-bond donors (Lipinski definition) is 2. The highest BCUT2D eigenvalue weighted by Gasteiger charge is 2.07. The Balaban J connectivity index is 1.37. The molecule has 0 fully saturated rings. The summed E-state index contributed by atoms with van der Waals surface area (Å²) in [5.41, 5.74) is 4.96. The zero-order chi connectivity index (χ0) is 21.3. The third-order valence-corrected chi connectivity index (χ3v) is 5.34. The van der Waals surface area contributed by atoms with E-state index in [1.165, 1.54) is 22.4 Å². The van der Waals surface area contributed by atoms with Gasteiger partial charge in [-0.2, -0.15) is 5.10 Å². The van der Waals surface area contributed by atoms with Crippen LogP contribution in [0.4, 0.5) is 5.69 Å². The van der Waals surface area contributed by atoms with Crippen LogP contribution in [0.2, 0.25) is 0 Å². The molecule has 0 spiro atoms. The molecule has 0 bridgehead atoms. The van der Waals surface area contributed by atoms with E-state index in [0.29, 0.717) is 13.1 Å². The molecule has 3 aromatic rings. The number of guanidine groups is 1. The van der Waals surface area contributed by atoms with E-state index in [4.69, 9.17) is 4.99 Å². The number of nitrogens with zero attached hydrogens (tertiary/aromatic N) is 4. The summed E-state index contributed by atoms with van der Waals surface area (Å²) in [4.78, 5) is 7.13. The highest BCUT2D eigenvalue weighted by Crippen LogP contribution is 2.18. The summed E-state index contributed by atoms with van der Waals surface area (Å²) >= 11 is 0. The van der Waals surface area contributed by atoms with Gasteiger partial charge in [-0.1, -0.05) is 48.6 Å². The monoisotopic (exact) mass is 414 g/mol. The van der Waals surface area contributed by atoms with E-state index in [1.807, 2.05) is 23.1 Å². The molecule has 1 aliphatic heterocycles. The molecule has 4 rings (SSSR count). The van der Waals surface area contributed by atoms with Gasteiger partial charge >= 0.3 is 0 Å². The molecule has 0 saturated heterocycles. The van der Waals surface area contributed by atoms with E-state index in [1.54, 1.807) is 0 Å². The van der Waals surface area contributed by atoms with Crippen molar-refractivity contribution >= 4 is 11.6 Å². The molecular formula is C25H30N6. The second kappa shape index (κ2) is 10.5. The molecule has 0 radical (unpaired) electrons. The van der Waals surface area contributed by atoms with Gasteiger partial charge in [0.25, 0.3) is 0 Å². The standard InChI is InChI=1S/C25H30N6/c1-2-26-25(27-18-21-10-12-24(13-11-21)30-15-5-6-16-30)28-19-22-8-3-4-9-23(22)20-31-17-7-14-29-31/h3-14,17H,2,15-16,18-20H2,1H3,(H2,26,27,28). The number of aromatic nitrogens is 2. The highest BCUT2D eigenvalue weighted by molar-refractivity contribution is 5.79. The second-order valence-electron chi connectivity index (χ2n) is 7.56. The minimum atomic E-state index is 0.642. The van der Waals surface area contributed by atoms with Crippen LogP contribution >= 0.6 is 0 Å². The average Bonchev–Trinajstić information content (AvgIpc) is 3.51. The van der Waals surface area contributed by atoms with Crippen molar-refractivity contribution in [2.45, 2.75) is 26.6 Å². The Hall–Kier alpha value is -3.54. The Morgan fingerprint density at radius 1 is 0.968 bits per heavy atom. The van der Waals surface area contributed by atoms with Crippen LogP contribution in [-0.4, -0.2) is 35.4 Å². The summed E-state index contributed by atoms with van der Waals surface area (Å²) in [5, 5.41) is 11.2. The maximum absolute atomic E-state index is 4.78. The third-order valence-electron chi connectivity index (χ3n) is 5.34. The van der Waals surface area contributed by atoms with Gasteiger partial charge < -0.3 is 15.5 Å². The first-order chi connectivity index (χ1) is 15.3. The minimum Gasteiger partial charge on any atom is -0.364 e. The summed E-state index contributed by atoms with van der Waals surface area (Å²) < 4.78 is 1.94. The second-order valence-corrected chi connectivity index (χ2v) is 7.56. The van der Waals surface area contributed by atoms with E-state index in [2.05, 4.69) is 88.2 Å². The Morgan fingerprint density at radius 3 is 2.45 bits per heavy atom. The van der Waals surface area contributed by atoms with E-state index >= 15 is 0 Å². The van der Waals surface area contributed by atoms with Gasteiger partial charge in [-0.25, -0.2) is 4.99 Å². The van der Waals surface area contributed by atoms with Crippen LogP contribution in [0.1, 0.15) is 23.6 Å². The molecule has 6 heteroatoms. The maximum atomic E-state index is 4.78. The summed E-state index contributed by atoms with van der Waals surface area (Å²) in [5.74, 6) is 0.823. The van der Waals surface area contributed by atoms with Gasteiger partial charge in [0.1, 0.15) is 0 Å². The molecule has 6 nitrogen and oxygen atoms in total. The van der Waals surface area contributed by atoms with Gasteiger partial charge in [-0.3, -0.25) is 4.68 Å². The summed E-state index contributed by atoms with van der Waals surface area (Å²) in [6, 6.07) is 19.1. The first kappa shape index (κ1) is 20.7. The van der Waals surface area contributed by atoms with Gasteiger partial charge in [0.15, 0.2) is 5.96 Å². The van der Waals surface area contributed by atoms with Gasteiger partial charge in [0, 0.05) is 44.3 Å². The summed E-state index contributed by atoms with van der Waals surface area (Å²) in [6.07, 6.45) is 8.21. The van der Waals surface area contributed by atoms with Crippen LogP contribution in [0.15, 0.2) is 84.1 Å². The Bertz CT molecular complexity index is 997. The third kappa shape index (κ3) is 5.75. The summed E-state index contributed by atoms with van der Waals surface area (Å²) in [7, 11) is 0.